The molecule has 0 aliphatic heterocycles. The van der Waals surface area contributed by atoms with E-state index in [9.17, 15) is 19.5 Å². The maximum Gasteiger partial charge on any atom is 0.427 e. The highest BCUT2D eigenvalue weighted by atomic mass is 16.6. The molecule has 3 saturated carbocycles. The van der Waals surface area contributed by atoms with Crippen LogP contribution in [-0.4, -0.2) is 53.3 Å². The minimum atomic E-state index is -1.52. The molecule has 0 unspecified atom stereocenters. The number of carbonyl (C=O) groups is 3. The van der Waals surface area contributed by atoms with Gasteiger partial charge in [-0.2, -0.15) is 5.10 Å². The molecule has 4 rings (SSSR count). The fourth-order valence-corrected chi connectivity index (χ4v) is 8.32. The number of nitrogens with one attached hydrogen (secondary N) is 1. The first-order valence-electron chi connectivity index (χ1n) is 13.6. The fourth-order valence-electron chi connectivity index (χ4n) is 8.32. The van der Waals surface area contributed by atoms with Gasteiger partial charge in [0.2, 0.25) is 0 Å². The Hall–Kier alpha value is -2.42. The van der Waals surface area contributed by atoms with E-state index in [1.54, 1.807) is 13.8 Å². The number of esters is 2. The van der Waals surface area contributed by atoms with Crippen LogP contribution in [0.15, 0.2) is 16.8 Å². The molecular formula is C28H42N2O7. The van der Waals surface area contributed by atoms with Gasteiger partial charge >= 0.3 is 18.0 Å². The lowest BCUT2D eigenvalue weighted by Gasteiger charge is -2.58. The molecule has 9 heteroatoms. The molecule has 206 valence electrons. The second-order valence-electron chi connectivity index (χ2n) is 11.8. The zero-order valence-electron chi connectivity index (χ0n) is 23.0. The van der Waals surface area contributed by atoms with Crippen LogP contribution in [0, 0.1) is 28.6 Å². The van der Waals surface area contributed by atoms with E-state index in [0.717, 1.165) is 38.5 Å². The van der Waals surface area contributed by atoms with Crippen molar-refractivity contribution in [1.29, 1.82) is 0 Å². The highest BCUT2D eigenvalue weighted by Gasteiger charge is 2.69. The van der Waals surface area contributed by atoms with Gasteiger partial charge in [-0.15, -0.1) is 0 Å². The zero-order chi connectivity index (χ0) is 27.2. The predicted octanol–water partition coefficient (Wildman–Crippen LogP) is 4.28. The Morgan fingerprint density at radius 1 is 1.08 bits per heavy atom. The van der Waals surface area contributed by atoms with E-state index in [2.05, 4.69) is 30.5 Å². The molecule has 0 bridgehead atoms. The summed E-state index contributed by atoms with van der Waals surface area (Å²) in [7, 11) is 0. The number of allylic oxidation sites excluding steroid dienone is 1. The summed E-state index contributed by atoms with van der Waals surface area (Å²) in [6.45, 7) is 10.8. The van der Waals surface area contributed by atoms with Crippen molar-refractivity contribution >= 4 is 23.7 Å². The zero-order valence-corrected chi connectivity index (χ0v) is 23.0. The first kappa shape index (κ1) is 27.6. The number of ether oxygens (including phenoxy) is 3. The van der Waals surface area contributed by atoms with Gasteiger partial charge < -0.3 is 19.3 Å². The second kappa shape index (κ2) is 10.0. The van der Waals surface area contributed by atoms with Gasteiger partial charge in [0.1, 0.15) is 17.8 Å². The third-order valence-corrected chi connectivity index (χ3v) is 10.0. The molecule has 1 amide bonds. The Labute approximate surface area is 219 Å². The van der Waals surface area contributed by atoms with E-state index in [0.29, 0.717) is 24.0 Å². The van der Waals surface area contributed by atoms with E-state index < -0.39 is 29.2 Å². The van der Waals surface area contributed by atoms with Gasteiger partial charge in [0.15, 0.2) is 0 Å². The lowest BCUT2D eigenvalue weighted by Crippen LogP contribution is -2.60. The van der Waals surface area contributed by atoms with Crippen molar-refractivity contribution in [2.75, 3.05) is 6.61 Å². The standard InChI is InChI=1S/C28H42N2O7/c1-7-35-25(33)30-29-16(2)28(34)24(37-18(4)32)15-23-21-9-8-19-14-20(36-17(3)31)10-12-26(19,5)22(21)11-13-27(23,28)6/h8,20-24,34H,7,9-15H2,1-6H3,(H,30,33)/b29-16+/t20-,21+,22-,23-,24+,26-,27-,28+/m0/s1. The average Bonchev–Trinajstić information content (AvgIpc) is 3.05. The molecule has 0 aromatic rings. The molecule has 8 atom stereocenters. The van der Waals surface area contributed by atoms with Crippen molar-refractivity contribution in [3.05, 3.63) is 11.6 Å². The van der Waals surface area contributed by atoms with Crippen LogP contribution < -0.4 is 5.43 Å². The summed E-state index contributed by atoms with van der Waals surface area (Å²) in [4.78, 5) is 35.5. The Morgan fingerprint density at radius 2 is 1.78 bits per heavy atom. The number of hydrazone groups is 1. The van der Waals surface area contributed by atoms with Crippen LogP contribution >= 0.6 is 0 Å². The Bertz CT molecular complexity index is 1010. The highest BCUT2D eigenvalue weighted by molar-refractivity contribution is 5.93. The molecule has 4 aliphatic rings. The molecule has 0 aromatic carbocycles. The molecule has 37 heavy (non-hydrogen) atoms. The molecule has 2 N–H and O–H groups in total. The smallest absolute Gasteiger partial charge is 0.427 e. The maximum atomic E-state index is 12.3. The van der Waals surface area contributed by atoms with E-state index in [1.807, 2.05) is 0 Å². The maximum absolute atomic E-state index is 12.3. The summed E-state index contributed by atoms with van der Waals surface area (Å²) in [5.41, 5.74) is 1.98. The first-order chi connectivity index (χ1) is 17.4. The van der Waals surface area contributed by atoms with Crippen LogP contribution in [0.2, 0.25) is 0 Å². The fraction of sp³-hybridized carbons (Fsp3) is 0.786. The lowest BCUT2D eigenvalue weighted by atomic mass is 9.46. The third kappa shape index (κ3) is 4.57. The van der Waals surface area contributed by atoms with Crippen molar-refractivity contribution in [1.82, 2.24) is 5.43 Å². The van der Waals surface area contributed by atoms with Crippen molar-refractivity contribution < 1.29 is 33.7 Å². The predicted molar refractivity (Wildman–Crippen MR) is 136 cm³/mol. The third-order valence-electron chi connectivity index (χ3n) is 10.0. The normalized spacial score (nSPS) is 40.9. The van der Waals surface area contributed by atoms with Gasteiger partial charge in [-0.1, -0.05) is 25.5 Å². The number of aliphatic hydroxyl groups is 1. The van der Waals surface area contributed by atoms with Gasteiger partial charge in [0.05, 0.1) is 12.3 Å². The van der Waals surface area contributed by atoms with Crippen molar-refractivity contribution in [2.45, 2.75) is 104 Å². The Balaban J connectivity index is 1.65. The highest BCUT2D eigenvalue weighted by Crippen LogP contribution is 2.67. The Kier molecular flexibility index (Phi) is 7.49. The summed E-state index contributed by atoms with van der Waals surface area (Å²) in [6, 6.07) is 0. The number of carbonyl (C=O) groups excluding carboxylic acids is 3. The first-order valence-corrected chi connectivity index (χ1v) is 13.6. The van der Waals surface area contributed by atoms with Crippen LogP contribution in [0.25, 0.3) is 0 Å². The van der Waals surface area contributed by atoms with E-state index in [1.165, 1.54) is 19.4 Å². The van der Waals surface area contributed by atoms with Gasteiger partial charge in [-0.3, -0.25) is 9.59 Å². The second-order valence-corrected chi connectivity index (χ2v) is 11.8. The van der Waals surface area contributed by atoms with Gasteiger partial charge in [-0.05, 0) is 75.5 Å². The van der Waals surface area contributed by atoms with Crippen LogP contribution in [0.1, 0.15) is 86.5 Å². The molecule has 0 heterocycles. The van der Waals surface area contributed by atoms with Crippen LogP contribution in [-0.2, 0) is 23.8 Å². The summed E-state index contributed by atoms with van der Waals surface area (Å²) in [5, 5.41) is 16.5. The quantitative estimate of drug-likeness (QED) is 0.183. The molecule has 0 saturated heterocycles. The molecule has 0 spiro atoms. The lowest BCUT2D eigenvalue weighted by molar-refractivity contribution is -0.161. The van der Waals surface area contributed by atoms with Crippen LogP contribution in [0.4, 0.5) is 4.79 Å². The molecule has 0 aromatic heterocycles. The SMILES string of the molecule is CCOC(=O)N/N=C(\C)[C@@]1(O)[C@H](OC(C)=O)C[C@H]2[C@@H]3CC=C4C[C@@H](OC(C)=O)CC[C@]4(C)[C@H]3CC[C@@]21C. The van der Waals surface area contributed by atoms with Crippen molar-refractivity contribution in [3.63, 3.8) is 0 Å². The van der Waals surface area contributed by atoms with Crippen molar-refractivity contribution in [3.8, 4) is 0 Å². The summed E-state index contributed by atoms with van der Waals surface area (Å²) < 4.78 is 16.2. The number of rotatable bonds is 5. The van der Waals surface area contributed by atoms with Gasteiger partial charge in [-0.25, -0.2) is 10.2 Å². The molecule has 0 radical (unpaired) electrons. The number of amides is 1. The summed E-state index contributed by atoms with van der Waals surface area (Å²) >= 11 is 0. The molecule has 9 nitrogen and oxygen atoms in total. The van der Waals surface area contributed by atoms with Crippen LogP contribution in [0.5, 0.6) is 0 Å². The average molecular weight is 519 g/mol. The summed E-state index contributed by atoms with van der Waals surface area (Å²) in [6.07, 6.45) is 6.51. The molecular weight excluding hydrogens is 476 g/mol. The molecule has 3 fully saturated rings. The molecule has 4 aliphatic carbocycles. The number of nitrogens with zero attached hydrogens (tertiary/aromatic N) is 1. The number of hydrogen-bond donors (Lipinski definition) is 2. The van der Waals surface area contributed by atoms with Crippen molar-refractivity contribution in [2.24, 2.45) is 33.7 Å². The number of hydrogen-bond acceptors (Lipinski definition) is 8. The topological polar surface area (TPSA) is 124 Å². The van der Waals surface area contributed by atoms with Crippen LogP contribution in [0.3, 0.4) is 0 Å². The number of fused-ring (bicyclic) bond motifs is 5. The minimum Gasteiger partial charge on any atom is -0.462 e. The summed E-state index contributed by atoms with van der Waals surface area (Å²) in [5.74, 6) is 0.173. The van der Waals surface area contributed by atoms with E-state index >= 15 is 0 Å². The van der Waals surface area contributed by atoms with Gasteiger partial charge in [0, 0.05) is 25.7 Å². The van der Waals surface area contributed by atoms with E-state index in [-0.39, 0.29) is 30.0 Å². The van der Waals surface area contributed by atoms with E-state index in [4.69, 9.17) is 14.2 Å². The monoisotopic (exact) mass is 518 g/mol. The minimum absolute atomic E-state index is 0.0210. The Morgan fingerprint density at radius 3 is 2.43 bits per heavy atom. The largest absolute Gasteiger partial charge is 0.462 e. The van der Waals surface area contributed by atoms with Gasteiger partial charge in [0.25, 0.3) is 0 Å².